The van der Waals surface area contributed by atoms with Crippen molar-refractivity contribution in [2.45, 2.75) is 32.0 Å². The Balaban J connectivity index is 0. The van der Waals surface area contributed by atoms with Gasteiger partial charge in [-0.1, -0.05) is 26.2 Å². The van der Waals surface area contributed by atoms with Gasteiger partial charge in [-0.25, -0.2) is 0 Å². The van der Waals surface area contributed by atoms with Crippen LogP contribution < -0.4 is 0 Å². The number of alkyl halides is 3. The molecule has 10 heavy (non-hydrogen) atoms. The summed E-state index contributed by atoms with van der Waals surface area (Å²) in [4.78, 5) is 0. The van der Waals surface area contributed by atoms with Crippen LogP contribution in [0.3, 0.4) is 0 Å². The van der Waals surface area contributed by atoms with Gasteiger partial charge in [-0.05, 0) is 10.2 Å². The fourth-order valence-electron chi connectivity index (χ4n) is 0. The van der Waals surface area contributed by atoms with Gasteiger partial charge >= 0.3 is 5.80 Å². The summed E-state index contributed by atoms with van der Waals surface area (Å²) >= 11 is 0. The molecule has 0 atom stereocenters. The van der Waals surface area contributed by atoms with Crippen LogP contribution in [0.4, 0.5) is 13.2 Å². The van der Waals surface area contributed by atoms with E-state index >= 15 is 0 Å². The molecule has 0 aliphatic carbocycles. The fraction of sp³-hybridized carbons (Fsp3) is 1.00. The Morgan fingerprint density at radius 1 is 1.00 bits per heavy atom. The van der Waals surface area contributed by atoms with Crippen LogP contribution in [0.2, 0.25) is 26.2 Å². The molecule has 0 rings (SSSR count). The van der Waals surface area contributed by atoms with Crippen LogP contribution in [-0.4, -0.2) is 24.1 Å². The van der Waals surface area contributed by atoms with E-state index in [9.17, 15) is 13.2 Å². The highest BCUT2D eigenvalue weighted by Gasteiger charge is 2.44. The molecule has 0 aromatic rings. The highest BCUT2D eigenvalue weighted by atomic mass is 28.3. The zero-order valence-electron chi connectivity index (χ0n) is 7.13. The molecular formula is C5H15F3Si2. The summed E-state index contributed by atoms with van der Waals surface area (Å²) < 4.78 is 34.9. The standard InChI is InChI=1S/C4H9F3Si.CH6Si/c1-8(2,3)4(5,6)7;1-2/h1-3H3;1-2H3. The Morgan fingerprint density at radius 2 is 1.10 bits per heavy atom. The lowest BCUT2D eigenvalue weighted by molar-refractivity contribution is -0.0552. The smallest absolute Gasteiger partial charge is 0.177 e. The average molecular weight is 188 g/mol. The van der Waals surface area contributed by atoms with Crippen molar-refractivity contribution < 1.29 is 13.2 Å². The first-order valence-corrected chi connectivity index (χ1v) is 8.82. The Labute approximate surface area is 64.3 Å². The third kappa shape index (κ3) is 5.04. The largest absolute Gasteiger partial charge is 0.360 e. The Morgan fingerprint density at radius 3 is 1.10 bits per heavy atom. The lowest BCUT2D eigenvalue weighted by Crippen LogP contribution is -2.40. The van der Waals surface area contributed by atoms with Gasteiger partial charge in [0.25, 0.3) is 0 Å². The van der Waals surface area contributed by atoms with E-state index in [0.29, 0.717) is 0 Å². The fourth-order valence-corrected chi connectivity index (χ4v) is 0. The first kappa shape index (κ1) is 12.9. The first-order chi connectivity index (χ1) is 4.25. The third-order valence-corrected chi connectivity index (χ3v) is 2.55. The van der Waals surface area contributed by atoms with E-state index in [0.717, 1.165) is 0 Å². The van der Waals surface area contributed by atoms with Gasteiger partial charge in [0.2, 0.25) is 0 Å². The van der Waals surface area contributed by atoms with Crippen molar-refractivity contribution in [3.8, 4) is 0 Å². The molecule has 64 valence electrons. The van der Waals surface area contributed by atoms with E-state index in [4.69, 9.17) is 0 Å². The van der Waals surface area contributed by atoms with Crippen molar-refractivity contribution in [3.63, 3.8) is 0 Å². The lowest BCUT2D eigenvalue weighted by atomic mass is 11.5. The van der Waals surface area contributed by atoms with E-state index in [-0.39, 0.29) is 0 Å². The van der Waals surface area contributed by atoms with Gasteiger partial charge in [-0.15, -0.1) is 0 Å². The predicted octanol–water partition coefficient (Wildman–Crippen LogP) is 1.83. The summed E-state index contributed by atoms with van der Waals surface area (Å²) in [5, 5.41) is 0. The van der Waals surface area contributed by atoms with Crippen LogP contribution in [0.15, 0.2) is 0 Å². The van der Waals surface area contributed by atoms with Gasteiger partial charge in [0, 0.05) is 0 Å². The molecular weight excluding hydrogens is 173 g/mol. The van der Waals surface area contributed by atoms with Crippen LogP contribution >= 0.6 is 0 Å². The summed E-state index contributed by atoms with van der Waals surface area (Å²) in [6.45, 7) is 5.99. The SMILES string of the molecule is C[SiH3].C[Si](C)(C)C(F)(F)F. The molecule has 0 aliphatic heterocycles. The number of hydrogen-bond donors (Lipinski definition) is 0. The van der Waals surface area contributed by atoms with E-state index in [1.807, 2.05) is 0 Å². The molecule has 0 saturated carbocycles. The van der Waals surface area contributed by atoms with Crippen molar-refractivity contribution in [3.05, 3.63) is 0 Å². The van der Waals surface area contributed by atoms with Gasteiger partial charge in [0.05, 0.1) is 0 Å². The molecule has 5 heteroatoms. The van der Waals surface area contributed by atoms with Gasteiger partial charge < -0.3 is 0 Å². The molecule has 0 aromatic carbocycles. The molecule has 0 heterocycles. The molecule has 0 aliphatic rings. The predicted molar refractivity (Wildman–Crippen MR) is 45.2 cm³/mol. The van der Waals surface area contributed by atoms with Crippen molar-refractivity contribution in [2.24, 2.45) is 0 Å². The maximum Gasteiger partial charge on any atom is 0.360 e. The monoisotopic (exact) mass is 188 g/mol. The van der Waals surface area contributed by atoms with Crippen LogP contribution in [-0.2, 0) is 0 Å². The number of rotatable bonds is 0. The second-order valence-electron chi connectivity index (χ2n) is 2.75. The van der Waals surface area contributed by atoms with Crippen molar-refractivity contribution in [1.29, 1.82) is 0 Å². The van der Waals surface area contributed by atoms with Crippen LogP contribution in [0, 0.1) is 0 Å². The normalized spacial score (nSPS) is 12.3. The molecule has 0 N–H and O–H groups in total. The first-order valence-electron chi connectivity index (χ1n) is 3.32. The van der Waals surface area contributed by atoms with Crippen molar-refractivity contribution in [1.82, 2.24) is 0 Å². The van der Waals surface area contributed by atoms with E-state index < -0.39 is 13.9 Å². The summed E-state index contributed by atoms with van der Waals surface area (Å²) in [6.07, 6.45) is 0. The van der Waals surface area contributed by atoms with Crippen molar-refractivity contribution in [2.75, 3.05) is 0 Å². The molecule has 0 spiro atoms. The maximum absolute atomic E-state index is 11.6. The summed E-state index contributed by atoms with van der Waals surface area (Å²) in [6, 6.07) is 0. The Hall–Kier alpha value is 0.224. The Kier molecular flexibility index (Phi) is 5.37. The zero-order chi connectivity index (χ0) is 9.00. The molecule has 0 amide bonds. The number of halogens is 3. The maximum atomic E-state index is 11.6. The summed E-state index contributed by atoms with van der Waals surface area (Å²) in [5.74, 6) is -3.92. The lowest BCUT2D eigenvalue weighted by Gasteiger charge is -2.19. The average Bonchev–Trinajstić information content (AvgIpc) is 1.66. The van der Waals surface area contributed by atoms with Crippen LogP contribution in [0.5, 0.6) is 0 Å². The molecule has 0 bridgehead atoms. The highest BCUT2D eigenvalue weighted by molar-refractivity contribution is 6.77. The van der Waals surface area contributed by atoms with Crippen LogP contribution in [0.25, 0.3) is 0 Å². The molecule has 0 fully saturated rings. The molecule has 0 radical (unpaired) electrons. The second kappa shape index (κ2) is 4.17. The van der Waals surface area contributed by atoms with Gasteiger partial charge in [-0.2, -0.15) is 13.2 Å². The third-order valence-electron chi connectivity index (χ3n) is 0.850. The highest BCUT2D eigenvalue weighted by Crippen LogP contribution is 2.27. The minimum Gasteiger partial charge on any atom is -0.177 e. The van der Waals surface area contributed by atoms with E-state index in [1.165, 1.54) is 29.9 Å². The minimum atomic E-state index is -3.92. The van der Waals surface area contributed by atoms with Crippen molar-refractivity contribution >= 4 is 18.3 Å². The quantitative estimate of drug-likeness (QED) is 0.509. The van der Waals surface area contributed by atoms with Gasteiger partial charge in [0.1, 0.15) is 0 Å². The van der Waals surface area contributed by atoms with Gasteiger partial charge in [-0.3, -0.25) is 0 Å². The molecule has 0 saturated heterocycles. The van der Waals surface area contributed by atoms with Crippen LogP contribution in [0.1, 0.15) is 0 Å². The Bertz CT molecular complexity index is 69.9. The van der Waals surface area contributed by atoms with E-state index in [1.54, 1.807) is 0 Å². The topological polar surface area (TPSA) is 0 Å². The molecule has 0 aromatic heterocycles. The minimum absolute atomic E-state index is 1.28. The summed E-state index contributed by atoms with van der Waals surface area (Å²) in [5.41, 5.74) is 0. The number of hydrogen-bond acceptors (Lipinski definition) is 0. The molecule has 0 nitrogen and oxygen atoms in total. The zero-order valence-corrected chi connectivity index (χ0v) is 10.1. The van der Waals surface area contributed by atoms with Gasteiger partial charge in [0.15, 0.2) is 8.07 Å². The van der Waals surface area contributed by atoms with E-state index in [2.05, 4.69) is 6.55 Å². The second-order valence-corrected chi connectivity index (χ2v) is 7.81. The summed E-state index contributed by atoms with van der Waals surface area (Å²) in [7, 11) is -1.55. The molecule has 0 unspecified atom stereocenters.